The first kappa shape index (κ1) is 29.3. The fourth-order valence-electron chi connectivity index (χ4n) is 4.79. The Bertz CT molecular complexity index is 1330. The zero-order chi connectivity index (χ0) is 28.4. The van der Waals surface area contributed by atoms with Crippen LogP contribution in [0.15, 0.2) is 48.0 Å². The highest BCUT2D eigenvalue weighted by Crippen LogP contribution is 2.37. The van der Waals surface area contributed by atoms with Gasteiger partial charge in [-0.1, -0.05) is 44.5 Å². The molecule has 1 fully saturated rings. The van der Waals surface area contributed by atoms with Gasteiger partial charge in [-0.3, -0.25) is 9.78 Å². The molecule has 0 saturated carbocycles. The molecule has 0 radical (unpaired) electrons. The lowest BCUT2D eigenvalue weighted by Gasteiger charge is -2.33. The van der Waals surface area contributed by atoms with E-state index in [1.165, 1.54) is 0 Å². The van der Waals surface area contributed by atoms with E-state index in [1.807, 2.05) is 51.2 Å². The maximum absolute atomic E-state index is 12.9. The number of thiophene rings is 1. The summed E-state index contributed by atoms with van der Waals surface area (Å²) in [6, 6.07) is 12.3. The molecule has 208 valence electrons. The Morgan fingerprint density at radius 3 is 2.38 bits per heavy atom. The first-order chi connectivity index (χ1) is 18.3. The SMILES string of the molecule is CC(C)(C)OC(=O)N1CCC(CC(=O)Cc2ccc(-c3cc(-c4ccnc(C(C)(C)C)c4)cs3)c(Cl)c2)CC1. The molecule has 2 aromatic heterocycles. The van der Waals surface area contributed by atoms with E-state index >= 15 is 0 Å². The summed E-state index contributed by atoms with van der Waals surface area (Å²) in [4.78, 5) is 32.5. The summed E-state index contributed by atoms with van der Waals surface area (Å²) in [6.07, 6.45) is 4.14. The molecule has 0 bridgehead atoms. The zero-order valence-electron chi connectivity index (χ0n) is 23.8. The predicted molar refractivity (Wildman–Crippen MR) is 161 cm³/mol. The molecule has 1 aromatic carbocycles. The number of nitrogens with zero attached hydrogens (tertiary/aromatic N) is 2. The van der Waals surface area contributed by atoms with Gasteiger partial charge >= 0.3 is 6.09 Å². The summed E-state index contributed by atoms with van der Waals surface area (Å²) < 4.78 is 5.47. The van der Waals surface area contributed by atoms with Gasteiger partial charge in [0.05, 0.1) is 0 Å². The molecule has 39 heavy (non-hydrogen) atoms. The van der Waals surface area contributed by atoms with Crippen molar-refractivity contribution >= 4 is 34.8 Å². The van der Waals surface area contributed by atoms with Crippen molar-refractivity contribution in [1.82, 2.24) is 9.88 Å². The lowest BCUT2D eigenvalue weighted by Crippen LogP contribution is -2.42. The Balaban J connectivity index is 1.34. The van der Waals surface area contributed by atoms with E-state index in [9.17, 15) is 9.59 Å². The van der Waals surface area contributed by atoms with Gasteiger partial charge in [-0.25, -0.2) is 4.79 Å². The second kappa shape index (κ2) is 11.8. The quantitative estimate of drug-likeness (QED) is 0.300. The van der Waals surface area contributed by atoms with Crippen LogP contribution in [0.2, 0.25) is 5.02 Å². The van der Waals surface area contributed by atoms with Gasteiger partial charge in [0, 0.05) is 58.7 Å². The first-order valence-corrected chi connectivity index (χ1v) is 14.9. The summed E-state index contributed by atoms with van der Waals surface area (Å²) in [5.41, 5.74) is 4.76. The number of piperidine rings is 1. The van der Waals surface area contributed by atoms with Crippen LogP contribution in [0.1, 0.15) is 72.1 Å². The average Bonchev–Trinajstić information content (AvgIpc) is 3.33. The van der Waals surface area contributed by atoms with E-state index in [2.05, 4.69) is 43.3 Å². The van der Waals surface area contributed by atoms with Gasteiger partial charge in [-0.05, 0) is 85.9 Å². The second-order valence-corrected chi connectivity index (χ2v) is 13.8. The molecule has 5 nitrogen and oxygen atoms in total. The molecule has 0 aliphatic carbocycles. The predicted octanol–water partition coefficient (Wildman–Crippen LogP) is 8.58. The van der Waals surface area contributed by atoms with E-state index in [-0.39, 0.29) is 17.3 Å². The Morgan fingerprint density at radius 2 is 1.74 bits per heavy atom. The summed E-state index contributed by atoms with van der Waals surface area (Å²) in [5, 5.41) is 2.81. The van der Waals surface area contributed by atoms with Crippen molar-refractivity contribution in [3.63, 3.8) is 0 Å². The number of hydrogen-bond donors (Lipinski definition) is 0. The third-order valence-electron chi connectivity index (χ3n) is 6.94. The van der Waals surface area contributed by atoms with Crippen LogP contribution in [0, 0.1) is 5.92 Å². The Hall–Kier alpha value is -2.70. The number of carbonyl (C=O) groups is 2. The van der Waals surface area contributed by atoms with Crippen molar-refractivity contribution in [2.45, 2.75) is 78.2 Å². The number of pyridine rings is 1. The Morgan fingerprint density at radius 1 is 1.03 bits per heavy atom. The minimum atomic E-state index is -0.498. The number of ether oxygens (including phenoxy) is 1. The number of hydrogen-bond acceptors (Lipinski definition) is 5. The van der Waals surface area contributed by atoms with Crippen LogP contribution in [0.4, 0.5) is 4.79 Å². The molecule has 1 saturated heterocycles. The summed E-state index contributed by atoms with van der Waals surface area (Å²) in [6.45, 7) is 13.4. The maximum atomic E-state index is 12.9. The fraction of sp³-hybridized carbons (Fsp3) is 0.469. The smallest absolute Gasteiger partial charge is 0.410 e. The van der Waals surface area contributed by atoms with Crippen molar-refractivity contribution in [2.24, 2.45) is 5.92 Å². The standard InChI is InChI=1S/C32H39ClN2O3S/c1-31(2,3)29-19-23(9-12-34-29)24-18-28(39-20-24)26-8-7-22(17-27(26)33)16-25(36)15-21-10-13-35(14-11-21)30(37)38-32(4,5)6/h7-9,12,17-21H,10-11,13-16H2,1-6H3. The molecule has 0 unspecified atom stereocenters. The molecular weight excluding hydrogens is 528 g/mol. The van der Waals surface area contributed by atoms with Crippen molar-refractivity contribution < 1.29 is 14.3 Å². The van der Waals surface area contributed by atoms with Crippen LogP contribution in [0.25, 0.3) is 21.6 Å². The lowest BCUT2D eigenvalue weighted by atomic mass is 9.90. The first-order valence-electron chi connectivity index (χ1n) is 13.6. The summed E-state index contributed by atoms with van der Waals surface area (Å²) >= 11 is 8.37. The largest absolute Gasteiger partial charge is 0.444 e. The lowest BCUT2D eigenvalue weighted by molar-refractivity contribution is -0.119. The molecule has 0 spiro atoms. The van der Waals surface area contributed by atoms with Crippen molar-refractivity contribution in [3.05, 3.63) is 64.3 Å². The van der Waals surface area contributed by atoms with E-state index in [4.69, 9.17) is 16.3 Å². The van der Waals surface area contributed by atoms with Crippen LogP contribution in [0.3, 0.4) is 0 Å². The fourth-order valence-corrected chi connectivity index (χ4v) is 6.10. The minimum Gasteiger partial charge on any atom is -0.444 e. The van der Waals surface area contributed by atoms with Crippen LogP contribution >= 0.6 is 22.9 Å². The van der Waals surface area contributed by atoms with Gasteiger partial charge < -0.3 is 9.64 Å². The van der Waals surface area contributed by atoms with E-state index in [1.54, 1.807) is 16.2 Å². The number of carbonyl (C=O) groups excluding carboxylic acids is 2. The molecule has 1 amide bonds. The van der Waals surface area contributed by atoms with E-state index in [0.717, 1.165) is 45.7 Å². The van der Waals surface area contributed by atoms with Crippen molar-refractivity contribution in [1.29, 1.82) is 0 Å². The van der Waals surface area contributed by atoms with Crippen LogP contribution in [-0.2, 0) is 21.4 Å². The molecule has 1 aliphatic heterocycles. The normalized spacial score (nSPS) is 14.9. The number of rotatable bonds is 6. The summed E-state index contributed by atoms with van der Waals surface area (Å²) in [7, 11) is 0. The molecule has 3 heterocycles. The second-order valence-electron chi connectivity index (χ2n) is 12.5. The topological polar surface area (TPSA) is 59.5 Å². The van der Waals surface area contributed by atoms with Crippen molar-refractivity contribution in [2.75, 3.05) is 13.1 Å². The molecule has 4 rings (SSSR count). The summed E-state index contributed by atoms with van der Waals surface area (Å²) in [5.74, 6) is 0.503. The minimum absolute atomic E-state index is 0.0111. The maximum Gasteiger partial charge on any atom is 0.410 e. The van der Waals surface area contributed by atoms with Crippen LogP contribution < -0.4 is 0 Å². The molecular formula is C32H39ClN2O3S. The van der Waals surface area contributed by atoms with E-state index in [0.29, 0.717) is 36.9 Å². The molecule has 0 N–H and O–H groups in total. The monoisotopic (exact) mass is 566 g/mol. The van der Waals surface area contributed by atoms with Gasteiger partial charge in [0.2, 0.25) is 0 Å². The van der Waals surface area contributed by atoms with Gasteiger partial charge in [-0.15, -0.1) is 11.3 Å². The highest BCUT2D eigenvalue weighted by molar-refractivity contribution is 7.14. The van der Waals surface area contributed by atoms with Crippen molar-refractivity contribution in [3.8, 4) is 21.6 Å². The third kappa shape index (κ3) is 7.92. The van der Waals surface area contributed by atoms with Crippen LogP contribution in [-0.4, -0.2) is 40.5 Å². The highest BCUT2D eigenvalue weighted by atomic mass is 35.5. The van der Waals surface area contributed by atoms with Gasteiger partial charge in [0.25, 0.3) is 0 Å². The third-order valence-corrected chi connectivity index (χ3v) is 8.22. The highest BCUT2D eigenvalue weighted by Gasteiger charge is 2.28. The van der Waals surface area contributed by atoms with Crippen LogP contribution in [0.5, 0.6) is 0 Å². The molecule has 1 aliphatic rings. The molecule has 7 heteroatoms. The zero-order valence-corrected chi connectivity index (χ0v) is 25.4. The van der Waals surface area contributed by atoms with Gasteiger partial charge in [-0.2, -0.15) is 0 Å². The van der Waals surface area contributed by atoms with E-state index < -0.39 is 5.60 Å². The number of aromatic nitrogens is 1. The Kier molecular flexibility index (Phi) is 8.87. The number of halogens is 1. The number of Topliss-reactive ketones (excluding diaryl/α,β-unsaturated/α-hetero) is 1. The average molecular weight is 567 g/mol. The number of amides is 1. The molecule has 0 atom stereocenters. The number of ketones is 1. The molecule has 3 aromatic rings. The van der Waals surface area contributed by atoms with Gasteiger partial charge in [0.1, 0.15) is 11.4 Å². The Labute approximate surface area is 241 Å². The number of likely N-dealkylation sites (tertiary alicyclic amines) is 1. The van der Waals surface area contributed by atoms with Gasteiger partial charge in [0.15, 0.2) is 0 Å². The number of benzene rings is 1.